The van der Waals surface area contributed by atoms with E-state index < -0.39 is 10.0 Å². The molecule has 1 fully saturated rings. The Bertz CT molecular complexity index is 983. The Balaban J connectivity index is 1.72. The fourth-order valence-corrected chi connectivity index (χ4v) is 5.11. The fraction of sp³-hybridized carbons (Fsp3) is 0.409. The number of hydrogen-bond acceptors (Lipinski definition) is 4. The van der Waals surface area contributed by atoms with Gasteiger partial charge in [0.05, 0.1) is 4.90 Å². The van der Waals surface area contributed by atoms with Gasteiger partial charge in [-0.2, -0.15) is 0 Å². The largest absolute Gasteiger partial charge is 0.322 e. The monoisotopic (exact) mass is 415 g/mol. The molecule has 29 heavy (non-hydrogen) atoms. The Morgan fingerprint density at radius 1 is 1.07 bits per heavy atom. The third kappa shape index (κ3) is 5.23. The predicted molar refractivity (Wildman–Crippen MR) is 116 cm³/mol. The van der Waals surface area contributed by atoms with Crippen LogP contribution < -0.4 is 15.4 Å². The molecule has 2 aromatic carbocycles. The summed E-state index contributed by atoms with van der Waals surface area (Å²) < 4.78 is 28.5. The van der Waals surface area contributed by atoms with Gasteiger partial charge in [-0.05, 0) is 88.0 Å². The van der Waals surface area contributed by atoms with Crippen LogP contribution in [0, 0.1) is 19.8 Å². The molecule has 7 heteroatoms. The van der Waals surface area contributed by atoms with E-state index in [1.807, 2.05) is 32.0 Å². The summed E-state index contributed by atoms with van der Waals surface area (Å²) in [5.74, 6) is 0.124. The lowest BCUT2D eigenvalue weighted by Crippen LogP contribution is -2.42. The average molecular weight is 416 g/mol. The number of hydrogen-bond donors (Lipinski definition) is 3. The number of anilines is 1. The van der Waals surface area contributed by atoms with Crippen molar-refractivity contribution >= 4 is 21.6 Å². The first-order valence-electron chi connectivity index (χ1n) is 9.98. The van der Waals surface area contributed by atoms with Crippen molar-refractivity contribution in [1.29, 1.82) is 0 Å². The van der Waals surface area contributed by atoms with Crippen molar-refractivity contribution in [3.63, 3.8) is 0 Å². The standard InChI is InChI=1S/C22H29N3O3S/c1-15-6-4-5-7-20(15)22(26)24-21-9-8-19(14-16(21)2)29(27,28)25-17(3)18-10-12-23-13-11-18/h4-9,14,17-18,23,25H,10-13H2,1-3H3,(H,24,26)/t17-/m0/s1. The van der Waals surface area contributed by atoms with Crippen LogP contribution in [-0.2, 0) is 10.0 Å². The van der Waals surface area contributed by atoms with E-state index in [1.54, 1.807) is 25.1 Å². The van der Waals surface area contributed by atoms with Gasteiger partial charge in [0.15, 0.2) is 0 Å². The van der Waals surface area contributed by atoms with Crippen LogP contribution >= 0.6 is 0 Å². The quantitative estimate of drug-likeness (QED) is 0.676. The van der Waals surface area contributed by atoms with Crippen molar-refractivity contribution in [2.75, 3.05) is 18.4 Å². The van der Waals surface area contributed by atoms with Gasteiger partial charge >= 0.3 is 0 Å². The second-order valence-electron chi connectivity index (χ2n) is 7.74. The maximum absolute atomic E-state index is 12.8. The molecule has 0 saturated carbocycles. The predicted octanol–water partition coefficient (Wildman–Crippen LogP) is 3.22. The van der Waals surface area contributed by atoms with E-state index in [0.717, 1.165) is 31.5 Å². The van der Waals surface area contributed by atoms with Crippen LogP contribution in [0.3, 0.4) is 0 Å². The summed E-state index contributed by atoms with van der Waals surface area (Å²) in [7, 11) is -3.62. The Labute approximate surface area is 173 Å². The minimum atomic E-state index is -3.62. The molecule has 0 unspecified atom stereocenters. The first-order chi connectivity index (χ1) is 13.8. The molecule has 3 N–H and O–H groups in total. The summed E-state index contributed by atoms with van der Waals surface area (Å²) in [6, 6.07) is 12.0. The van der Waals surface area contributed by atoms with E-state index in [2.05, 4.69) is 15.4 Å². The average Bonchev–Trinajstić information content (AvgIpc) is 2.70. The van der Waals surface area contributed by atoms with Crippen LogP contribution in [0.1, 0.15) is 41.3 Å². The lowest BCUT2D eigenvalue weighted by molar-refractivity contribution is 0.102. The minimum Gasteiger partial charge on any atom is -0.322 e. The van der Waals surface area contributed by atoms with Crippen molar-refractivity contribution in [3.8, 4) is 0 Å². The molecule has 156 valence electrons. The molecule has 0 radical (unpaired) electrons. The van der Waals surface area contributed by atoms with E-state index >= 15 is 0 Å². The Kier molecular flexibility index (Phi) is 6.72. The molecule has 1 saturated heterocycles. The molecule has 1 atom stereocenters. The smallest absolute Gasteiger partial charge is 0.255 e. The first kappa shape index (κ1) is 21.5. The number of benzene rings is 2. The number of sulfonamides is 1. The van der Waals surface area contributed by atoms with Crippen molar-refractivity contribution < 1.29 is 13.2 Å². The molecule has 0 aliphatic carbocycles. The second kappa shape index (κ2) is 9.07. The number of aryl methyl sites for hydroxylation is 2. The Hall–Kier alpha value is -2.22. The van der Waals surface area contributed by atoms with Crippen molar-refractivity contribution in [1.82, 2.24) is 10.0 Å². The second-order valence-corrected chi connectivity index (χ2v) is 9.46. The van der Waals surface area contributed by atoms with Gasteiger partial charge in [0, 0.05) is 17.3 Å². The van der Waals surface area contributed by atoms with Gasteiger partial charge in [0.2, 0.25) is 10.0 Å². The van der Waals surface area contributed by atoms with E-state index in [4.69, 9.17) is 0 Å². The summed E-state index contributed by atoms with van der Waals surface area (Å²) in [6.07, 6.45) is 1.93. The van der Waals surface area contributed by atoms with E-state index in [1.165, 1.54) is 6.07 Å². The summed E-state index contributed by atoms with van der Waals surface area (Å²) >= 11 is 0. The van der Waals surface area contributed by atoms with Gasteiger partial charge in [-0.1, -0.05) is 18.2 Å². The number of carbonyl (C=O) groups excluding carboxylic acids is 1. The molecule has 3 rings (SSSR count). The van der Waals surface area contributed by atoms with Crippen LogP contribution in [0.15, 0.2) is 47.4 Å². The molecule has 6 nitrogen and oxygen atoms in total. The highest BCUT2D eigenvalue weighted by molar-refractivity contribution is 7.89. The third-order valence-corrected chi connectivity index (χ3v) is 7.13. The molecule has 1 heterocycles. The zero-order chi connectivity index (χ0) is 21.0. The highest BCUT2D eigenvalue weighted by Gasteiger charge is 2.25. The van der Waals surface area contributed by atoms with Gasteiger partial charge in [-0.25, -0.2) is 13.1 Å². The molecule has 2 aromatic rings. The molecule has 1 aliphatic rings. The van der Waals surface area contributed by atoms with Crippen molar-refractivity contribution in [3.05, 3.63) is 59.2 Å². The van der Waals surface area contributed by atoms with E-state index in [9.17, 15) is 13.2 Å². The maximum atomic E-state index is 12.8. The van der Waals surface area contributed by atoms with Crippen LogP contribution in [0.5, 0.6) is 0 Å². The highest BCUT2D eigenvalue weighted by Crippen LogP contribution is 2.23. The van der Waals surface area contributed by atoms with Gasteiger partial charge in [0.25, 0.3) is 5.91 Å². The van der Waals surface area contributed by atoms with Crippen LogP contribution in [0.4, 0.5) is 5.69 Å². The molecule has 0 aromatic heterocycles. The molecule has 1 aliphatic heterocycles. The topological polar surface area (TPSA) is 87.3 Å². The molecular formula is C22H29N3O3S. The minimum absolute atomic E-state index is 0.122. The molecular weight excluding hydrogens is 386 g/mol. The van der Waals surface area contributed by atoms with Crippen LogP contribution in [0.25, 0.3) is 0 Å². The highest BCUT2D eigenvalue weighted by atomic mass is 32.2. The number of piperidine rings is 1. The number of rotatable bonds is 6. The third-order valence-electron chi connectivity index (χ3n) is 5.58. The summed E-state index contributed by atoms with van der Waals surface area (Å²) in [5, 5.41) is 6.17. The van der Waals surface area contributed by atoms with Gasteiger partial charge in [-0.15, -0.1) is 0 Å². The van der Waals surface area contributed by atoms with Crippen LogP contribution in [0.2, 0.25) is 0 Å². The normalized spacial score (nSPS) is 16.4. The summed E-state index contributed by atoms with van der Waals surface area (Å²) in [6.45, 7) is 7.45. The molecule has 0 spiro atoms. The number of amides is 1. The van der Waals surface area contributed by atoms with E-state index in [-0.39, 0.29) is 16.8 Å². The molecule has 0 bridgehead atoms. The zero-order valence-corrected chi connectivity index (χ0v) is 18.0. The fourth-order valence-electron chi connectivity index (χ4n) is 3.71. The maximum Gasteiger partial charge on any atom is 0.255 e. The number of carbonyl (C=O) groups is 1. The van der Waals surface area contributed by atoms with Gasteiger partial charge in [0.1, 0.15) is 0 Å². The first-order valence-corrected chi connectivity index (χ1v) is 11.5. The zero-order valence-electron chi connectivity index (χ0n) is 17.2. The van der Waals surface area contributed by atoms with Gasteiger partial charge < -0.3 is 10.6 Å². The summed E-state index contributed by atoms with van der Waals surface area (Å²) in [4.78, 5) is 12.8. The summed E-state index contributed by atoms with van der Waals surface area (Å²) in [5.41, 5.74) is 2.78. The molecule has 1 amide bonds. The lowest BCUT2D eigenvalue weighted by atomic mass is 9.92. The van der Waals surface area contributed by atoms with Crippen molar-refractivity contribution in [2.24, 2.45) is 5.92 Å². The van der Waals surface area contributed by atoms with E-state index in [0.29, 0.717) is 22.7 Å². The number of nitrogens with one attached hydrogen (secondary N) is 3. The van der Waals surface area contributed by atoms with Gasteiger partial charge in [-0.3, -0.25) is 4.79 Å². The Morgan fingerprint density at radius 2 is 1.76 bits per heavy atom. The SMILES string of the molecule is Cc1cc(S(=O)(=O)N[C@@H](C)C2CCNCC2)ccc1NC(=O)c1ccccc1C. The Morgan fingerprint density at radius 3 is 2.41 bits per heavy atom. The van der Waals surface area contributed by atoms with Crippen LogP contribution in [-0.4, -0.2) is 33.5 Å². The van der Waals surface area contributed by atoms with Crippen molar-refractivity contribution in [2.45, 2.75) is 44.6 Å². The lowest BCUT2D eigenvalue weighted by Gasteiger charge is -2.28.